The first-order chi connectivity index (χ1) is 11.5. The number of anilines is 1. The number of benzene rings is 1. The molecule has 1 amide bonds. The summed E-state index contributed by atoms with van der Waals surface area (Å²) in [7, 11) is 0. The van der Waals surface area contributed by atoms with E-state index < -0.39 is 18.5 Å². The van der Waals surface area contributed by atoms with E-state index in [0.717, 1.165) is 0 Å². The number of esters is 1. The Morgan fingerprint density at radius 2 is 2.04 bits per heavy atom. The van der Waals surface area contributed by atoms with Crippen molar-refractivity contribution in [3.05, 3.63) is 52.3 Å². The zero-order valence-electron chi connectivity index (χ0n) is 12.0. The van der Waals surface area contributed by atoms with E-state index in [9.17, 15) is 9.59 Å². The van der Waals surface area contributed by atoms with Crippen LogP contribution in [-0.2, 0) is 9.53 Å². The molecule has 0 spiro atoms. The van der Waals surface area contributed by atoms with Crippen LogP contribution in [-0.4, -0.2) is 33.7 Å². The molecular formula is C15H10Cl2N4O3. The van der Waals surface area contributed by atoms with E-state index in [1.807, 2.05) is 6.07 Å². The number of fused-ring (bicyclic) bond motifs is 1. The standard InChI is InChI=1S/C15H10Cl2N4O3/c16-8-5-10(17)14(18-6-8)19-12(22)7-24-15(23)13-9-3-1-2-4-11(9)20-21-13/h1-6H,7H2,(H,20,21)(H,18,19,22). The maximum Gasteiger partial charge on any atom is 0.359 e. The van der Waals surface area contributed by atoms with Gasteiger partial charge in [0.15, 0.2) is 18.1 Å². The van der Waals surface area contributed by atoms with Crippen molar-refractivity contribution < 1.29 is 14.3 Å². The summed E-state index contributed by atoms with van der Waals surface area (Å²) in [6.45, 7) is -0.499. The van der Waals surface area contributed by atoms with E-state index in [1.54, 1.807) is 18.2 Å². The van der Waals surface area contributed by atoms with Gasteiger partial charge in [0.1, 0.15) is 0 Å². The Hall–Kier alpha value is -2.64. The second-order valence-electron chi connectivity index (χ2n) is 4.73. The summed E-state index contributed by atoms with van der Waals surface area (Å²) in [5.74, 6) is -1.16. The molecule has 0 radical (unpaired) electrons. The quantitative estimate of drug-likeness (QED) is 0.693. The van der Waals surface area contributed by atoms with Gasteiger partial charge in [-0.15, -0.1) is 0 Å². The van der Waals surface area contributed by atoms with Crippen molar-refractivity contribution in [2.75, 3.05) is 11.9 Å². The Labute approximate surface area is 145 Å². The van der Waals surface area contributed by atoms with Crippen molar-refractivity contribution in [3.63, 3.8) is 0 Å². The monoisotopic (exact) mass is 364 g/mol. The summed E-state index contributed by atoms with van der Waals surface area (Å²) in [6, 6.07) is 8.53. The first kappa shape index (κ1) is 16.2. The van der Waals surface area contributed by atoms with Crippen molar-refractivity contribution in [1.82, 2.24) is 15.2 Å². The van der Waals surface area contributed by atoms with Crippen LogP contribution in [0.15, 0.2) is 36.5 Å². The van der Waals surface area contributed by atoms with Gasteiger partial charge in [-0.05, 0) is 12.1 Å². The third kappa shape index (κ3) is 3.47. The number of hydrogen-bond acceptors (Lipinski definition) is 5. The van der Waals surface area contributed by atoms with Gasteiger partial charge in [0.25, 0.3) is 5.91 Å². The van der Waals surface area contributed by atoms with Crippen LogP contribution in [0.2, 0.25) is 10.0 Å². The maximum atomic E-state index is 12.0. The molecule has 9 heteroatoms. The number of H-pyrrole nitrogens is 1. The first-order valence-electron chi connectivity index (χ1n) is 6.75. The maximum absolute atomic E-state index is 12.0. The molecule has 3 rings (SSSR count). The fourth-order valence-electron chi connectivity index (χ4n) is 1.99. The molecular weight excluding hydrogens is 355 g/mol. The fourth-order valence-corrected chi connectivity index (χ4v) is 2.42. The van der Waals surface area contributed by atoms with Crippen molar-refractivity contribution in [3.8, 4) is 0 Å². The number of rotatable bonds is 4. The first-order valence-corrected chi connectivity index (χ1v) is 7.51. The fraction of sp³-hybridized carbons (Fsp3) is 0.0667. The predicted octanol–water partition coefficient (Wildman–Crippen LogP) is 3.06. The Kier molecular flexibility index (Phi) is 4.64. The van der Waals surface area contributed by atoms with E-state index >= 15 is 0 Å². The van der Waals surface area contributed by atoms with Crippen molar-refractivity contribution >= 4 is 51.8 Å². The topological polar surface area (TPSA) is 97.0 Å². The number of hydrogen-bond donors (Lipinski definition) is 2. The number of nitrogens with zero attached hydrogens (tertiary/aromatic N) is 2. The average Bonchev–Trinajstić information content (AvgIpc) is 2.99. The number of pyridine rings is 1. The summed E-state index contributed by atoms with van der Waals surface area (Å²) in [5.41, 5.74) is 0.812. The number of carbonyl (C=O) groups is 2. The lowest BCUT2D eigenvalue weighted by atomic mass is 10.2. The Balaban J connectivity index is 1.62. The van der Waals surface area contributed by atoms with E-state index in [4.69, 9.17) is 27.9 Å². The molecule has 0 fully saturated rings. The minimum Gasteiger partial charge on any atom is -0.451 e. The van der Waals surface area contributed by atoms with Crippen molar-refractivity contribution in [2.24, 2.45) is 0 Å². The van der Waals surface area contributed by atoms with Gasteiger partial charge in [0, 0.05) is 11.6 Å². The van der Waals surface area contributed by atoms with Crippen molar-refractivity contribution in [1.29, 1.82) is 0 Å². The van der Waals surface area contributed by atoms with Crippen LogP contribution in [0.1, 0.15) is 10.5 Å². The predicted molar refractivity (Wildman–Crippen MR) is 89.3 cm³/mol. The third-order valence-corrected chi connectivity index (χ3v) is 3.56. The molecule has 2 heterocycles. The van der Waals surface area contributed by atoms with Crippen LogP contribution < -0.4 is 5.32 Å². The Morgan fingerprint density at radius 3 is 2.83 bits per heavy atom. The van der Waals surface area contributed by atoms with E-state index in [2.05, 4.69) is 20.5 Å². The number of ether oxygens (including phenoxy) is 1. The molecule has 3 aromatic rings. The number of para-hydroxylation sites is 1. The number of aromatic amines is 1. The average molecular weight is 365 g/mol. The zero-order chi connectivity index (χ0) is 17.1. The van der Waals surface area contributed by atoms with Crippen molar-refractivity contribution in [2.45, 2.75) is 0 Å². The molecule has 24 heavy (non-hydrogen) atoms. The van der Waals surface area contributed by atoms with Crippen LogP contribution in [0.25, 0.3) is 10.9 Å². The Morgan fingerprint density at radius 1 is 1.25 bits per heavy atom. The lowest BCUT2D eigenvalue weighted by Crippen LogP contribution is -2.21. The van der Waals surface area contributed by atoms with Crippen LogP contribution in [0, 0.1) is 0 Å². The minimum absolute atomic E-state index is 0.112. The Bertz CT molecular complexity index is 926. The molecule has 0 bridgehead atoms. The van der Waals surface area contributed by atoms with E-state index in [-0.39, 0.29) is 16.5 Å². The lowest BCUT2D eigenvalue weighted by molar-refractivity contribution is -0.119. The van der Waals surface area contributed by atoms with Gasteiger partial charge in [0.05, 0.1) is 15.6 Å². The molecule has 1 aromatic carbocycles. The highest BCUT2D eigenvalue weighted by Gasteiger charge is 2.17. The van der Waals surface area contributed by atoms with Crippen LogP contribution in [0.5, 0.6) is 0 Å². The molecule has 0 saturated heterocycles. The van der Waals surface area contributed by atoms with Gasteiger partial charge in [0.2, 0.25) is 0 Å². The molecule has 0 saturated carbocycles. The third-order valence-electron chi connectivity index (χ3n) is 3.06. The van der Waals surface area contributed by atoms with Gasteiger partial charge in [-0.25, -0.2) is 9.78 Å². The number of halogens is 2. The SMILES string of the molecule is O=C(COC(=O)c1n[nH]c2ccccc12)Nc1ncc(Cl)cc1Cl. The van der Waals surface area contributed by atoms with Crippen LogP contribution in [0.3, 0.4) is 0 Å². The summed E-state index contributed by atoms with van der Waals surface area (Å²) in [5, 5.41) is 10.2. The second-order valence-corrected chi connectivity index (χ2v) is 5.57. The van der Waals surface area contributed by atoms with E-state index in [0.29, 0.717) is 15.9 Å². The highest BCUT2D eigenvalue weighted by Crippen LogP contribution is 2.22. The highest BCUT2D eigenvalue weighted by molar-refractivity contribution is 6.36. The molecule has 0 atom stereocenters. The minimum atomic E-state index is -0.710. The molecule has 2 N–H and O–H groups in total. The number of nitrogens with one attached hydrogen (secondary N) is 2. The lowest BCUT2D eigenvalue weighted by Gasteiger charge is -2.06. The smallest absolute Gasteiger partial charge is 0.359 e. The van der Waals surface area contributed by atoms with Crippen LogP contribution >= 0.6 is 23.2 Å². The molecule has 2 aromatic heterocycles. The number of carbonyl (C=O) groups excluding carboxylic acids is 2. The van der Waals surface area contributed by atoms with E-state index in [1.165, 1.54) is 12.3 Å². The van der Waals surface area contributed by atoms with Gasteiger partial charge in [-0.3, -0.25) is 9.89 Å². The highest BCUT2D eigenvalue weighted by atomic mass is 35.5. The number of aromatic nitrogens is 3. The zero-order valence-corrected chi connectivity index (χ0v) is 13.6. The molecule has 0 aliphatic heterocycles. The summed E-state index contributed by atoms with van der Waals surface area (Å²) >= 11 is 11.6. The molecule has 0 unspecified atom stereocenters. The summed E-state index contributed by atoms with van der Waals surface area (Å²) in [6.07, 6.45) is 1.34. The number of amides is 1. The normalized spacial score (nSPS) is 10.6. The molecule has 0 aliphatic rings. The van der Waals surface area contributed by atoms with Crippen LogP contribution in [0.4, 0.5) is 5.82 Å². The van der Waals surface area contributed by atoms with Gasteiger partial charge in [-0.1, -0.05) is 41.4 Å². The molecule has 7 nitrogen and oxygen atoms in total. The summed E-state index contributed by atoms with van der Waals surface area (Å²) in [4.78, 5) is 27.8. The van der Waals surface area contributed by atoms with Gasteiger partial charge < -0.3 is 10.1 Å². The van der Waals surface area contributed by atoms with Gasteiger partial charge in [-0.2, -0.15) is 5.10 Å². The largest absolute Gasteiger partial charge is 0.451 e. The summed E-state index contributed by atoms with van der Waals surface area (Å²) < 4.78 is 4.96. The molecule has 0 aliphatic carbocycles. The second kappa shape index (κ2) is 6.86. The molecule has 122 valence electrons. The van der Waals surface area contributed by atoms with Gasteiger partial charge >= 0.3 is 5.97 Å².